The number of carbonyl (C=O) groups is 1. The van der Waals surface area contributed by atoms with E-state index in [1.165, 1.54) is 17.0 Å². The number of nitrogens with zero attached hydrogens (tertiary/aromatic N) is 5. The summed E-state index contributed by atoms with van der Waals surface area (Å²) in [6.07, 6.45) is 1.98. The number of hydrogen-bond acceptors (Lipinski definition) is 5. The summed E-state index contributed by atoms with van der Waals surface area (Å²) in [5.41, 5.74) is 4.32. The van der Waals surface area contributed by atoms with Crippen LogP contribution in [0.5, 0.6) is 0 Å². The standard InChI is InChI=1S/C22H23FN8O/c1-25-21-18-19(31(3)12-27-18)16-10-17(28-20(16)29-21)14-7-13(8-15(23)9-14)11-26-22(32)30(2)6-4-5-24/h7-10,12H,4,6,11H2,1-3H3,(H,26,32)(H2,25,28,29). The number of halogens is 1. The van der Waals surface area contributed by atoms with Gasteiger partial charge in [-0.3, -0.25) is 0 Å². The number of rotatable bonds is 6. The molecule has 0 saturated heterocycles. The number of urea groups is 1. The molecule has 1 aromatic carbocycles. The van der Waals surface area contributed by atoms with Crippen LogP contribution in [-0.2, 0) is 13.6 Å². The Morgan fingerprint density at radius 2 is 2.16 bits per heavy atom. The highest BCUT2D eigenvalue weighted by Crippen LogP contribution is 2.32. The third kappa shape index (κ3) is 3.92. The number of pyridine rings is 1. The molecule has 3 heterocycles. The second-order valence-electron chi connectivity index (χ2n) is 7.54. The van der Waals surface area contributed by atoms with Crippen molar-refractivity contribution in [2.24, 2.45) is 7.05 Å². The van der Waals surface area contributed by atoms with Gasteiger partial charge in [0.2, 0.25) is 0 Å². The Morgan fingerprint density at radius 3 is 2.91 bits per heavy atom. The molecule has 0 radical (unpaired) electrons. The summed E-state index contributed by atoms with van der Waals surface area (Å²) in [7, 11) is 5.31. The molecule has 0 atom stereocenters. The van der Waals surface area contributed by atoms with E-state index in [-0.39, 0.29) is 19.0 Å². The molecule has 0 aliphatic carbocycles. The lowest BCUT2D eigenvalue weighted by atomic mass is 10.1. The second kappa shape index (κ2) is 8.55. The number of carbonyl (C=O) groups excluding carboxylic acids is 1. The summed E-state index contributed by atoms with van der Waals surface area (Å²) in [6, 6.07) is 8.26. The highest BCUT2D eigenvalue weighted by molar-refractivity contribution is 6.07. The number of amides is 2. The Hall–Kier alpha value is -4.13. The van der Waals surface area contributed by atoms with Crippen molar-refractivity contribution < 1.29 is 9.18 Å². The van der Waals surface area contributed by atoms with Crippen LogP contribution in [0, 0.1) is 17.1 Å². The smallest absolute Gasteiger partial charge is 0.317 e. The van der Waals surface area contributed by atoms with Crippen molar-refractivity contribution in [2.45, 2.75) is 13.0 Å². The number of hydrogen-bond donors (Lipinski definition) is 3. The molecule has 164 valence electrons. The van der Waals surface area contributed by atoms with Gasteiger partial charge in [-0.15, -0.1) is 0 Å². The first-order valence-corrected chi connectivity index (χ1v) is 10.1. The topological polar surface area (TPSA) is 115 Å². The average Bonchev–Trinajstić information content (AvgIpc) is 3.38. The fourth-order valence-corrected chi connectivity index (χ4v) is 3.67. The van der Waals surface area contributed by atoms with Gasteiger partial charge in [-0.05, 0) is 29.8 Å². The van der Waals surface area contributed by atoms with Gasteiger partial charge in [-0.2, -0.15) is 5.26 Å². The number of aryl methyl sites for hydroxylation is 1. The van der Waals surface area contributed by atoms with Gasteiger partial charge in [-0.25, -0.2) is 19.2 Å². The van der Waals surface area contributed by atoms with Crippen molar-refractivity contribution >= 4 is 33.9 Å². The molecular weight excluding hydrogens is 411 g/mol. The minimum atomic E-state index is -0.405. The van der Waals surface area contributed by atoms with Gasteiger partial charge in [0.1, 0.15) is 17.0 Å². The van der Waals surface area contributed by atoms with Crippen molar-refractivity contribution in [3.8, 4) is 17.3 Å². The van der Waals surface area contributed by atoms with Crippen molar-refractivity contribution in [1.29, 1.82) is 5.26 Å². The minimum Gasteiger partial charge on any atom is -0.371 e. The van der Waals surface area contributed by atoms with E-state index in [1.807, 2.05) is 29.8 Å². The molecular formula is C22H23FN8O. The maximum absolute atomic E-state index is 14.4. The normalized spacial score (nSPS) is 11.0. The predicted octanol–water partition coefficient (Wildman–Crippen LogP) is 3.35. The molecule has 2 amide bonds. The quantitative estimate of drug-likeness (QED) is 0.431. The molecule has 0 bridgehead atoms. The Morgan fingerprint density at radius 1 is 1.34 bits per heavy atom. The Labute approximate surface area is 183 Å². The molecule has 3 aromatic heterocycles. The van der Waals surface area contributed by atoms with Crippen LogP contribution in [0.2, 0.25) is 0 Å². The fourth-order valence-electron chi connectivity index (χ4n) is 3.67. The first-order valence-electron chi connectivity index (χ1n) is 10.1. The van der Waals surface area contributed by atoms with Crippen LogP contribution < -0.4 is 10.6 Å². The van der Waals surface area contributed by atoms with E-state index in [9.17, 15) is 9.18 Å². The largest absolute Gasteiger partial charge is 0.371 e. The van der Waals surface area contributed by atoms with E-state index < -0.39 is 5.82 Å². The van der Waals surface area contributed by atoms with Gasteiger partial charge in [-0.1, -0.05) is 0 Å². The number of aromatic amines is 1. The zero-order valence-corrected chi connectivity index (χ0v) is 18.0. The van der Waals surface area contributed by atoms with Crippen LogP contribution in [0.4, 0.5) is 15.0 Å². The van der Waals surface area contributed by atoms with Gasteiger partial charge in [0.15, 0.2) is 5.82 Å². The second-order valence-corrected chi connectivity index (χ2v) is 7.54. The lowest BCUT2D eigenvalue weighted by molar-refractivity contribution is 0.209. The van der Waals surface area contributed by atoms with Gasteiger partial charge in [0, 0.05) is 50.9 Å². The maximum Gasteiger partial charge on any atom is 0.317 e. The summed E-state index contributed by atoms with van der Waals surface area (Å²) in [6.45, 7) is 0.491. The summed E-state index contributed by atoms with van der Waals surface area (Å²) in [4.78, 5) is 25.9. The van der Waals surface area contributed by atoms with Crippen molar-refractivity contribution in [3.63, 3.8) is 0 Å². The number of anilines is 1. The van der Waals surface area contributed by atoms with E-state index in [4.69, 9.17) is 5.26 Å². The average molecular weight is 434 g/mol. The molecule has 0 aliphatic heterocycles. The van der Waals surface area contributed by atoms with Crippen LogP contribution >= 0.6 is 0 Å². The molecule has 9 nitrogen and oxygen atoms in total. The van der Waals surface area contributed by atoms with Gasteiger partial charge >= 0.3 is 6.03 Å². The molecule has 0 aliphatic rings. The first-order chi connectivity index (χ1) is 15.4. The van der Waals surface area contributed by atoms with E-state index in [0.717, 1.165) is 16.4 Å². The van der Waals surface area contributed by atoms with Crippen LogP contribution in [0.25, 0.3) is 33.3 Å². The molecule has 0 fully saturated rings. The fraction of sp³-hybridized carbons (Fsp3) is 0.273. The molecule has 32 heavy (non-hydrogen) atoms. The van der Waals surface area contributed by atoms with E-state index in [2.05, 4.69) is 25.6 Å². The molecule has 0 unspecified atom stereocenters. The monoisotopic (exact) mass is 434 g/mol. The number of nitriles is 1. The van der Waals surface area contributed by atoms with Crippen LogP contribution in [-0.4, -0.2) is 51.1 Å². The van der Waals surface area contributed by atoms with E-state index in [0.29, 0.717) is 34.8 Å². The number of fused-ring (bicyclic) bond motifs is 3. The summed E-state index contributed by atoms with van der Waals surface area (Å²) < 4.78 is 16.3. The Balaban J connectivity index is 1.65. The first kappa shape index (κ1) is 21.1. The van der Waals surface area contributed by atoms with Gasteiger partial charge in [0.25, 0.3) is 0 Å². The summed E-state index contributed by atoms with van der Waals surface area (Å²) in [5, 5.41) is 15.3. The minimum absolute atomic E-state index is 0.162. The van der Waals surface area contributed by atoms with Crippen LogP contribution in [0.15, 0.2) is 30.6 Å². The van der Waals surface area contributed by atoms with E-state index in [1.54, 1.807) is 20.4 Å². The molecule has 10 heteroatoms. The van der Waals surface area contributed by atoms with Crippen molar-refractivity contribution in [3.05, 3.63) is 42.0 Å². The van der Waals surface area contributed by atoms with Crippen molar-refractivity contribution in [2.75, 3.05) is 26.0 Å². The SMILES string of the molecule is CNc1nc2[nH]c(-c3cc(F)cc(CNC(=O)N(C)CCC#N)c3)cc2c2c1ncn2C. The molecule has 4 aromatic rings. The summed E-state index contributed by atoms with van der Waals surface area (Å²) >= 11 is 0. The van der Waals surface area contributed by atoms with Gasteiger partial charge < -0.3 is 25.1 Å². The zero-order valence-electron chi connectivity index (χ0n) is 18.0. The third-order valence-corrected chi connectivity index (χ3v) is 5.29. The number of nitrogens with one attached hydrogen (secondary N) is 3. The number of aromatic nitrogens is 4. The Bertz CT molecular complexity index is 1350. The zero-order chi connectivity index (χ0) is 22.8. The van der Waals surface area contributed by atoms with Crippen LogP contribution in [0.3, 0.4) is 0 Å². The highest BCUT2D eigenvalue weighted by atomic mass is 19.1. The summed E-state index contributed by atoms with van der Waals surface area (Å²) in [5.74, 6) is 0.252. The Kier molecular flexibility index (Phi) is 5.64. The number of imidazole rings is 1. The van der Waals surface area contributed by atoms with Crippen LogP contribution in [0.1, 0.15) is 12.0 Å². The number of benzene rings is 1. The molecule has 3 N–H and O–H groups in total. The lowest BCUT2D eigenvalue weighted by Gasteiger charge is -2.16. The third-order valence-electron chi connectivity index (χ3n) is 5.29. The van der Waals surface area contributed by atoms with Crippen molar-refractivity contribution in [1.82, 2.24) is 29.7 Å². The lowest BCUT2D eigenvalue weighted by Crippen LogP contribution is -2.37. The predicted molar refractivity (Wildman–Crippen MR) is 120 cm³/mol. The molecule has 0 spiro atoms. The highest BCUT2D eigenvalue weighted by Gasteiger charge is 2.16. The van der Waals surface area contributed by atoms with Gasteiger partial charge in [0.05, 0.1) is 24.3 Å². The number of H-pyrrole nitrogens is 1. The van der Waals surface area contributed by atoms with E-state index >= 15 is 0 Å². The molecule has 4 rings (SSSR count). The maximum atomic E-state index is 14.4. The molecule has 0 saturated carbocycles.